The van der Waals surface area contributed by atoms with Crippen LogP contribution in [-0.4, -0.2) is 15.9 Å². The van der Waals surface area contributed by atoms with Crippen molar-refractivity contribution in [1.29, 1.82) is 0 Å². The monoisotopic (exact) mass is 343 g/mol. The molecule has 0 unspecified atom stereocenters. The Labute approximate surface area is 141 Å². The van der Waals surface area contributed by atoms with Gasteiger partial charge in [-0.1, -0.05) is 30.3 Å². The van der Waals surface area contributed by atoms with Gasteiger partial charge in [0.15, 0.2) is 0 Å². The first-order valence-electron chi connectivity index (χ1n) is 7.25. The Hall–Kier alpha value is -3.22. The van der Waals surface area contributed by atoms with Crippen LogP contribution in [0.4, 0.5) is 13.2 Å². The van der Waals surface area contributed by atoms with Crippen LogP contribution in [0.15, 0.2) is 61.1 Å². The molecule has 0 spiro atoms. The molecule has 3 aromatic rings. The van der Waals surface area contributed by atoms with Gasteiger partial charge in [0.05, 0.1) is 11.3 Å². The number of rotatable bonds is 3. The van der Waals surface area contributed by atoms with Crippen molar-refractivity contribution < 1.29 is 18.0 Å². The van der Waals surface area contributed by atoms with E-state index in [0.29, 0.717) is 11.1 Å². The van der Waals surface area contributed by atoms with Gasteiger partial charge >= 0.3 is 6.18 Å². The van der Waals surface area contributed by atoms with Gasteiger partial charge in [0.25, 0.3) is 0 Å². The maximum atomic E-state index is 13.3. The molecule has 0 aliphatic carbocycles. The normalized spacial score (nSPS) is 11.3. The van der Waals surface area contributed by atoms with E-state index < -0.39 is 17.6 Å². The number of hydrogen-bond donors (Lipinski definition) is 1. The summed E-state index contributed by atoms with van der Waals surface area (Å²) in [6.07, 6.45) is -1.98. The molecule has 1 heterocycles. The van der Waals surface area contributed by atoms with Crippen LogP contribution in [0.5, 0.6) is 0 Å². The highest BCUT2D eigenvalue weighted by atomic mass is 19.4. The van der Waals surface area contributed by atoms with Crippen molar-refractivity contribution >= 4 is 5.91 Å². The molecule has 7 heteroatoms. The van der Waals surface area contributed by atoms with Crippen LogP contribution in [0.3, 0.4) is 0 Å². The van der Waals surface area contributed by atoms with Gasteiger partial charge in [-0.2, -0.15) is 13.2 Å². The Morgan fingerprint density at radius 2 is 1.76 bits per heavy atom. The van der Waals surface area contributed by atoms with E-state index in [1.165, 1.54) is 18.6 Å². The smallest absolute Gasteiger partial charge is 0.366 e. The Balaban J connectivity index is 2.40. The maximum Gasteiger partial charge on any atom is 0.416 e. The quantitative estimate of drug-likeness (QED) is 0.783. The fraction of sp³-hybridized carbons (Fsp3) is 0.0556. The lowest BCUT2D eigenvalue weighted by atomic mass is 9.90. The minimum Gasteiger partial charge on any atom is -0.366 e. The zero-order chi connectivity index (χ0) is 18.0. The molecule has 126 valence electrons. The van der Waals surface area contributed by atoms with Gasteiger partial charge < -0.3 is 5.73 Å². The fourth-order valence-corrected chi connectivity index (χ4v) is 2.57. The van der Waals surface area contributed by atoms with E-state index in [4.69, 9.17) is 5.73 Å². The van der Waals surface area contributed by atoms with E-state index in [2.05, 4.69) is 9.97 Å². The highest BCUT2D eigenvalue weighted by Crippen LogP contribution is 2.39. The van der Waals surface area contributed by atoms with Crippen LogP contribution in [0.25, 0.3) is 22.4 Å². The predicted molar refractivity (Wildman–Crippen MR) is 86.4 cm³/mol. The van der Waals surface area contributed by atoms with Gasteiger partial charge in [0.1, 0.15) is 6.33 Å². The number of nitrogens with zero attached hydrogens (tertiary/aromatic N) is 2. The summed E-state index contributed by atoms with van der Waals surface area (Å²) in [7, 11) is 0. The average molecular weight is 343 g/mol. The van der Waals surface area contributed by atoms with Crippen LogP contribution < -0.4 is 5.73 Å². The van der Waals surface area contributed by atoms with Crippen molar-refractivity contribution in [2.24, 2.45) is 5.73 Å². The number of aromatic nitrogens is 2. The van der Waals surface area contributed by atoms with Gasteiger partial charge in [0.2, 0.25) is 5.91 Å². The molecule has 0 radical (unpaired) electrons. The summed E-state index contributed by atoms with van der Waals surface area (Å²) in [5, 5.41) is 0. The van der Waals surface area contributed by atoms with E-state index >= 15 is 0 Å². The molecule has 0 aliphatic rings. The molecule has 1 amide bonds. The predicted octanol–water partition coefficient (Wildman–Crippen LogP) is 3.93. The molecule has 0 fully saturated rings. The van der Waals surface area contributed by atoms with E-state index in [1.807, 2.05) is 0 Å². The fourth-order valence-electron chi connectivity index (χ4n) is 2.57. The Morgan fingerprint density at radius 3 is 2.32 bits per heavy atom. The number of benzene rings is 2. The summed E-state index contributed by atoms with van der Waals surface area (Å²) < 4.78 is 39.8. The largest absolute Gasteiger partial charge is 0.416 e. The number of carbonyl (C=O) groups excluding carboxylic acids is 1. The summed E-state index contributed by atoms with van der Waals surface area (Å²) in [6, 6.07) is 11.8. The molecule has 2 aromatic carbocycles. The Bertz CT molecular complexity index is 910. The second-order valence-electron chi connectivity index (χ2n) is 5.27. The summed E-state index contributed by atoms with van der Waals surface area (Å²) in [5.74, 6) is -0.944. The maximum absolute atomic E-state index is 13.3. The SMILES string of the molecule is NC(=O)c1cc(C(F)(F)F)cc(-c2ccncn2)c1-c1ccccc1. The molecule has 3 rings (SSSR count). The molecular formula is C18H12F3N3O. The summed E-state index contributed by atoms with van der Waals surface area (Å²) in [5.41, 5.74) is 5.50. The first kappa shape index (κ1) is 16.6. The minimum absolute atomic E-state index is 0.164. The third-order valence-electron chi connectivity index (χ3n) is 3.65. The zero-order valence-corrected chi connectivity index (χ0v) is 12.8. The van der Waals surface area contributed by atoms with Crippen molar-refractivity contribution in [2.75, 3.05) is 0 Å². The molecule has 2 N–H and O–H groups in total. The Morgan fingerprint density at radius 1 is 1.04 bits per heavy atom. The van der Waals surface area contributed by atoms with Gasteiger partial charge in [0, 0.05) is 22.9 Å². The third kappa shape index (κ3) is 3.35. The van der Waals surface area contributed by atoms with Crippen LogP contribution in [0, 0.1) is 0 Å². The van der Waals surface area contributed by atoms with E-state index in [-0.39, 0.29) is 16.8 Å². The molecule has 0 bridgehead atoms. The van der Waals surface area contributed by atoms with Crippen molar-refractivity contribution in [2.45, 2.75) is 6.18 Å². The van der Waals surface area contributed by atoms with Gasteiger partial charge in [-0.3, -0.25) is 4.79 Å². The zero-order valence-electron chi connectivity index (χ0n) is 12.8. The molecule has 1 aromatic heterocycles. The highest BCUT2D eigenvalue weighted by Gasteiger charge is 2.33. The van der Waals surface area contributed by atoms with Crippen molar-refractivity contribution in [3.8, 4) is 22.4 Å². The van der Waals surface area contributed by atoms with E-state index in [0.717, 1.165) is 12.1 Å². The van der Waals surface area contributed by atoms with Crippen molar-refractivity contribution in [3.63, 3.8) is 0 Å². The highest BCUT2D eigenvalue weighted by molar-refractivity contribution is 6.04. The number of nitrogens with two attached hydrogens (primary N) is 1. The molecule has 0 saturated heterocycles. The second-order valence-corrected chi connectivity index (χ2v) is 5.27. The van der Waals surface area contributed by atoms with Crippen molar-refractivity contribution in [3.05, 3.63) is 72.2 Å². The molecule has 0 saturated carbocycles. The first-order chi connectivity index (χ1) is 11.9. The summed E-state index contributed by atoms with van der Waals surface area (Å²) in [6.45, 7) is 0. The average Bonchev–Trinajstić information content (AvgIpc) is 2.61. The number of carbonyl (C=O) groups is 1. The molecule has 25 heavy (non-hydrogen) atoms. The van der Waals surface area contributed by atoms with Crippen LogP contribution in [0.1, 0.15) is 15.9 Å². The third-order valence-corrected chi connectivity index (χ3v) is 3.65. The van der Waals surface area contributed by atoms with Crippen molar-refractivity contribution in [1.82, 2.24) is 9.97 Å². The molecule has 0 aliphatic heterocycles. The van der Waals surface area contributed by atoms with Gasteiger partial charge in [-0.05, 0) is 23.8 Å². The topological polar surface area (TPSA) is 68.9 Å². The molecular weight excluding hydrogens is 331 g/mol. The van der Waals surface area contributed by atoms with Crippen LogP contribution in [-0.2, 0) is 6.18 Å². The molecule has 0 atom stereocenters. The summed E-state index contributed by atoms with van der Waals surface area (Å²) in [4.78, 5) is 19.7. The first-order valence-corrected chi connectivity index (χ1v) is 7.25. The lowest BCUT2D eigenvalue weighted by molar-refractivity contribution is -0.137. The Kier molecular flexibility index (Phi) is 4.22. The molecule has 4 nitrogen and oxygen atoms in total. The number of primary amides is 1. The minimum atomic E-state index is -4.62. The lowest BCUT2D eigenvalue weighted by Gasteiger charge is -2.17. The lowest BCUT2D eigenvalue weighted by Crippen LogP contribution is -2.16. The van der Waals surface area contributed by atoms with Gasteiger partial charge in [-0.15, -0.1) is 0 Å². The second kappa shape index (κ2) is 6.35. The summed E-state index contributed by atoms with van der Waals surface area (Å²) >= 11 is 0. The number of hydrogen-bond acceptors (Lipinski definition) is 3. The standard InChI is InChI=1S/C18H12F3N3O/c19-18(20,21)12-8-13(15-6-7-23-10-24-15)16(14(9-12)17(22)25)11-4-2-1-3-5-11/h1-10H,(H2,22,25). The van der Waals surface area contributed by atoms with E-state index in [9.17, 15) is 18.0 Å². The van der Waals surface area contributed by atoms with Crippen LogP contribution in [0.2, 0.25) is 0 Å². The van der Waals surface area contributed by atoms with Crippen LogP contribution >= 0.6 is 0 Å². The number of halogens is 3. The van der Waals surface area contributed by atoms with E-state index in [1.54, 1.807) is 30.3 Å². The number of alkyl halides is 3. The number of amides is 1. The van der Waals surface area contributed by atoms with Gasteiger partial charge in [-0.25, -0.2) is 9.97 Å².